The van der Waals surface area contributed by atoms with E-state index in [1.165, 1.54) is 0 Å². The van der Waals surface area contributed by atoms with E-state index < -0.39 is 17.6 Å². The van der Waals surface area contributed by atoms with Crippen LogP contribution in [0.5, 0.6) is 0 Å². The highest BCUT2D eigenvalue weighted by molar-refractivity contribution is 6.23. The Morgan fingerprint density at radius 2 is 1.48 bits per heavy atom. The summed E-state index contributed by atoms with van der Waals surface area (Å²) in [5.74, 6) is 0.218. The van der Waals surface area contributed by atoms with Crippen molar-refractivity contribution in [1.29, 1.82) is 0 Å². The monoisotopic (exact) mass is 448 g/mol. The first-order chi connectivity index (χ1) is 14.2. The summed E-state index contributed by atoms with van der Waals surface area (Å²) in [6, 6.07) is 0. The molecule has 0 aromatic rings. The minimum atomic E-state index is -0.604. The van der Waals surface area contributed by atoms with E-state index in [-0.39, 0.29) is 12.8 Å². The maximum atomic E-state index is 11.4. The first kappa shape index (κ1) is 33.6. The minimum absolute atomic E-state index is 0.164. The first-order valence-corrected chi connectivity index (χ1v) is 10.4. The molecule has 2 amide bonds. The van der Waals surface area contributed by atoms with Gasteiger partial charge in [-0.1, -0.05) is 27.7 Å². The van der Waals surface area contributed by atoms with Gasteiger partial charge in [0.05, 0.1) is 6.54 Å². The van der Waals surface area contributed by atoms with Crippen LogP contribution < -0.4 is 10.9 Å². The molecule has 0 saturated heterocycles. The molecule has 0 rings (SSSR count). The third-order valence-electron chi connectivity index (χ3n) is 2.86. The largest absolute Gasteiger partial charge is 0.443 e. The van der Waals surface area contributed by atoms with Crippen LogP contribution in [-0.4, -0.2) is 80.6 Å². The molecule has 10 heteroatoms. The lowest BCUT2D eigenvalue weighted by atomic mass is 10.2. The molecule has 0 aromatic carbocycles. The van der Waals surface area contributed by atoms with Crippen LogP contribution in [0.15, 0.2) is 0 Å². The van der Waals surface area contributed by atoms with Gasteiger partial charge in [-0.15, -0.1) is 0 Å². The van der Waals surface area contributed by atoms with Crippen LogP contribution in [0.1, 0.15) is 55.4 Å². The molecule has 31 heavy (non-hydrogen) atoms. The maximum absolute atomic E-state index is 11.4. The summed E-state index contributed by atoms with van der Waals surface area (Å²) in [6.45, 7) is 17.7. The molecular formula is C21H44N4O6. The molecule has 0 aromatic heterocycles. The number of carbonyl (C=O) groups excluding carboxylic acids is 4. The number of hydrazine groups is 2. The van der Waals surface area contributed by atoms with Gasteiger partial charge in [-0.25, -0.2) is 14.8 Å². The molecule has 0 saturated carbocycles. The zero-order chi connectivity index (χ0) is 25.0. The highest BCUT2D eigenvalue weighted by atomic mass is 16.6. The lowest BCUT2D eigenvalue weighted by Gasteiger charge is -2.25. The van der Waals surface area contributed by atoms with Gasteiger partial charge >= 0.3 is 6.09 Å². The van der Waals surface area contributed by atoms with E-state index >= 15 is 0 Å². The van der Waals surface area contributed by atoms with Gasteiger partial charge in [0, 0.05) is 33.9 Å². The average molecular weight is 449 g/mol. The number of nitrogens with zero attached hydrogens (tertiary/aromatic N) is 2. The summed E-state index contributed by atoms with van der Waals surface area (Å²) in [4.78, 5) is 42.2. The Labute approximate surface area is 187 Å². The fraction of sp³-hybridized carbons (Fsp3) is 0.810. The van der Waals surface area contributed by atoms with Crippen molar-refractivity contribution in [3.05, 3.63) is 0 Å². The molecular weight excluding hydrogens is 404 g/mol. The number of hydrogen-bond donors (Lipinski definition) is 2. The van der Waals surface area contributed by atoms with E-state index in [0.29, 0.717) is 18.4 Å². The molecule has 184 valence electrons. The van der Waals surface area contributed by atoms with E-state index in [2.05, 4.69) is 15.6 Å². The molecule has 0 bridgehead atoms. The predicted octanol–water partition coefficient (Wildman–Crippen LogP) is 2.04. The topological polar surface area (TPSA) is 117 Å². The van der Waals surface area contributed by atoms with Gasteiger partial charge in [0.2, 0.25) is 6.29 Å². The molecule has 0 atom stereocenters. The second-order valence-electron chi connectivity index (χ2n) is 8.52. The Kier molecular flexibility index (Phi) is 21.6. The number of hydrogen-bond acceptors (Lipinski definition) is 8. The van der Waals surface area contributed by atoms with Gasteiger partial charge in [0.1, 0.15) is 11.9 Å². The number of aldehydes is 2. The molecule has 0 fully saturated rings. The van der Waals surface area contributed by atoms with Gasteiger partial charge in [0.25, 0.3) is 5.91 Å². The third kappa shape index (κ3) is 30.2. The van der Waals surface area contributed by atoms with Gasteiger partial charge in [-0.05, 0) is 39.5 Å². The molecule has 0 heterocycles. The Morgan fingerprint density at radius 1 is 1.00 bits per heavy atom. The van der Waals surface area contributed by atoms with E-state index in [9.17, 15) is 19.2 Å². The van der Waals surface area contributed by atoms with E-state index in [0.717, 1.165) is 19.4 Å². The van der Waals surface area contributed by atoms with Crippen LogP contribution >= 0.6 is 0 Å². The Balaban J connectivity index is -0.000000451. The van der Waals surface area contributed by atoms with Crippen molar-refractivity contribution in [2.75, 3.05) is 40.4 Å². The first-order valence-electron chi connectivity index (χ1n) is 10.4. The second kappa shape index (κ2) is 19.9. The predicted molar refractivity (Wildman–Crippen MR) is 121 cm³/mol. The number of ether oxygens (including phenoxy) is 2. The van der Waals surface area contributed by atoms with Crippen LogP contribution in [0, 0.1) is 11.8 Å². The summed E-state index contributed by atoms with van der Waals surface area (Å²) < 4.78 is 9.63. The maximum Gasteiger partial charge on any atom is 0.422 e. The van der Waals surface area contributed by atoms with Gasteiger partial charge in [-0.2, -0.15) is 0 Å². The van der Waals surface area contributed by atoms with Gasteiger partial charge in [0.15, 0.2) is 0 Å². The van der Waals surface area contributed by atoms with Crippen molar-refractivity contribution in [2.45, 2.75) is 61.0 Å². The molecule has 0 unspecified atom stereocenters. The van der Waals surface area contributed by atoms with Crippen LogP contribution in [-0.2, 0) is 23.9 Å². The normalized spacial score (nSPS) is 10.6. The van der Waals surface area contributed by atoms with E-state index in [1.807, 2.05) is 34.6 Å². The van der Waals surface area contributed by atoms with Crippen LogP contribution in [0.25, 0.3) is 0 Å². The van der Waals surface area contributed by atoms with Crippen LogP contribution in [0.3, 0.4) is 0 Å². The van der Waals surface area contributed by atoms with E-state index in [4.69, 9.17) is 4.74 Å². The zero-order valence-corrected chi connectivity index (χ0v) is 21.0. The highest BCUT2D eigenvalue weighted by Gasteiger charge is 2.18. The SMILES string of the molecule is CC(C)CN(C)NC(=O)C=O.CC(C)CN(CC=O)NC(=O)OC(C)(C)C.CCOC. The summed E-state index contributed by atoms with van der Waals surface area (Å²) in [5.41, 5.74) is 4.40. The Morgan fingerprint density at radius 3 is 1.81 bits per heavy atom. The highest BCUT2D eigenvalue weighted by Crippen LogP contribution is 2.06. The summed E-state index contributed by atoms with van der Waals surface area (Å²) in [7, 11) is 3.40. The molecule has 0 aliphatic carbocycles. The standard InChI is InChI=1S/C11H22N2O3.C7H14N2O2.C3H8O/c1-9(2)8-13(6-7-14)12-10(15)16-11(3,4)5;1-6(2)4-9(3)8-7(11)5-10;1-3-4-2/h7,9H,6,8H2,1-5H3,(H,12,15);5-6H,4H2,1-3H3,(H,8,11);3H2,1-2H3. The average Bonchev–Trinajstić information content (AvgIpc) is 2.59. The molecule has 10 nitrogen and oxygen atoms in total. The molecule has 2 N–H and O–H groups in total. The fourth-order valence-electron chi connectivity index (χ4n) is 1.93. The summed E-state index contributed by atoms with van der Waals surface area (Å²) in [5, 5.41) is 3.15. The van der Waals surface area contributed by atoms with Gasteiger partial charge in [-0.3, -0.25) is 20.4 Å². The second-order valence-corrected chi connectivity index (χ2v) is 8.52. The number of rotatable bonds is 10. The number of methoxy groups -OCH3 is 1. The third-order valence-corrected chi connectivity index (χ3v) is 2.86. The van der Waals surface area contributed by atoms with Crippen LogP contribution in [0.4, 0.5) is 4.79 Å². The molecule has 0 aliphatic rings. The smallest absolute Gasteiger partial charge is 0.422 e. The number of carbonyl (C=O) groups is 4. The summed E-state index contributed by atoms with van der Waals surface area (Å²) >= 11 is 0. The Hall–Kier alpha value is -2.04. The van der Waals surface area contributed by atoms with Crippen molar-refractivity contribution < 1.29 is 28.7 Å². The van der Waals surface area contributed by atoms with Crippen molar-refractivity contribution in [3.63, 3.8) is 0 Å². The molecule has 0 aliphatic heterocycles. The lowest BCUT2D eigenvalue weighted by molar-refractivity contribution is -0.134. The Bertz CT molecular complexity index is 491. The minimum Gasteiger partial charge on any atom is -0.443 e. The van der Waals surface area contributed by atoms with E-state index in [1.54, 1.807) is 44.9 Å². The number of nitrogens with one attached hydrogen (secondary N) is 2. The lowest BCUT2D eigenvalue weighted by Crippen LogP contribution is -2.47. The molecule has 0 radical (unpaired) electrons. The summed E-state index contributed by atoms with van der Waals surface area (Å²) in [6.07, 6.45) is 0.478. The molecule has 0 spiro atoms. The quantitative estimate of drug-likeness (QED) is 0.296. The number of amides is 2. The van der Waals surface area contributed by atoms with Crippen molar-refractivity contribution in [3.8, 4) is 0 Å². The van der Waals surface area contributed by atoms with Gasteiger partial charge < -0.3 is 14.3 Å². The van der Waals surface area contributed by atoms with Crippen molar-refractivity contribution in [2.24, 2.45) is 11.8 Å². The van der Waals surface area contributed by atoms with Crippen molar-refractivity contribution in [1.82, 2.24) is 20.9 Å². The van der Waals surface area contributed by atoms with Crippen LogP contribution in [0.2, 0.25) is 0 Å². The fourth-order valence-corrected chi connectivity index (χ4v) is 1.93. The zero-order valence-electron chi connectivity index (χ0n) is 21.0. The van der Waals surface area contributed by atoms with Crippen molar-refractivity contribution >= 4 is 24.6 Å².